The Kier molecular flexibility index (Phi) is 4.37. The molecule has 0 spiro atoms. The van der Waals surface area contributed by atoms with Gasteiger partial charge in [0.2, 0.25) is 0 Å². The molecule has 2 N–H and O–H groups in total. The summed E-state index contributed by atoms with van der Waals surface area (Å²) in [6.45, 7) is 1.60. The first-order valence-corrected chi connectivity index (χ1v) is 8.66. The Morgan fingerprint density at radius 1 is 1.20 bits per heavy atom. The molecule has 110 valence electrons. The zero-order chi connectivity index (χ0) is 14.0. The summed E-state index contributed by atoms with van der Waals surface area (Å²) in [4.78, 5) is 0. The van der Waals surface area contributed by atoms with Gasteiger partial charge in [-0.15, -0.1) is 0 Å². The molecule has 0 aromatic heterocycles. The number of ether oxygens (including phenoxy) is 1. The second kappa shape index (κ2) is 6.07. The molecular formula is C17H24BrNO. The zero-order valence-electron chi connectivity index (χ0n) is 12.0. The molecule has 0 aliphatic heterocycles. The van der Waals surface area contributed by atoms with Gasteiger partial charge >= 0.3 is 0 Å². The Bertz CT molecular complexity index is 464. The van der Waals surface area contributed by atoms with Crippen LogP contribution in [-0.4, -0.2) is 13.2 Å². The summed E-state index contributed by atoms with van der Waals surface area (Å²) in [6, 6.07) is 6.44. The van der Waals surface area contributed by atoms with E-state index >= 15 is 0 Å². The molecule has 2 nitrogen and oxygen atoms in total. The minimum absolute atomic E-state index is 0.126. The van der Waals surface area contributed by atoms with Crippen LogP contribution in [0.2, 0.25) is 0 Å². The van der Waals surface area contributed by atoms with Crippen LogP contribution in [0, 0.1) is 5.92 Å². The molecule has 2 aliphatic rings. The fourth-order valence-electron chi connectivity index (χ4n) is 3.35. The third-order valence-electron chi connectivity index (χ3n) is 4.89. The number of hydrogen-bond acceptors (Lipinski definition) is 2. The summed E-state index contributed by atoms with van der Waals surface area (Å²) in [6.07, 6.45) is 8.95. The van der Waals surface area contributed by atoms with Gasteiger partial charge < -0.3 is 10.5 Å². The highest BCUT2D eigenvalue weighted by atomic mass is 79.9. The van der Waals surface area contributed by atoms with E-state index in [1.165, 1.54) is 50.5 Å². The molecule has 20 heavy (non-hydrogen) atoms. The molecule has 0 atom stereocenters. The Labute approximate surface area is 130 Å². The molecule has 3 rings (SSSR count). The highest BCUT2D eigenvalue weighted by molar-refractivity contribution is 9.10. The van der Waals surface area contributed by atoms with Crippen LogP contribution in [0.4, 0.5) is 0 Å². The first-order valence-electron chi connectivity index (χ1n) is 7.86. The van der Waals surface area contributed by atoms with Crippen molar-refractivity contribution in [3.8, 4) is 5.75 Å². The normalized spacial score (nSPS) is 21.7. The van der Waals surface area contributed by atoms with Crippen LogP contribution >= 0.6 is 15.9 Å². The highest BCUT2D eigenvalue weighted by Crippen LogP contribution is 2.44. The van der Waals surface area contributed by atoms with E-state index in [1.807, 2.05) is 0 Å². The molecule has 0 saturated heterocycles. The quantitative estimate of drug-likeness (QED) is 0.864. The lowest BCUT2D eigenvalue weighted by molar-refractivity contribution is 0.262. The third-order valence-corrected chi connectivity index (χ3v) is 5.38. The van der Waals surface area contributed by atoms with Crippen LogP contribution in [0.1, 0.15) is 50.5 Å². The molecule has 1 aromatic rings. The smallest absolute Gasteiger partial charge is 0.123 e. The highest BCUT2D eigenvalue weighted by Gasteiger charge is 2.35. The Morgan fingerprint density at radius 3 is 2.60 bits per heavy atom. The van der Waals surface area contributed by atoms with Crippen molar-refractivity contribution in [3.05, 3.63) is 28.2 Å². The van der Waals surface area contributed by atoms with E-state index in [4.69, 9.17) is 10.5 Å². The Balaban J connectivity index is 1.89. The van der Waals surface area contributed by atoms with Crippen LogP contribution in [0.3, 0.4) is 0 Å². The van der Waals surface area contributed by atoms with Gasteiger partial charge in [-0.2, -0.15) is 0 Å². The maximum absolute atomic E-state index is 6.19. The summed E-state index contributed by atoms with van der Waals surface area (Å²) in [7, 11) is 0. The standard InChI is InChI=1S/C17H24BrNO/c18-14-6-7-16(20-11-13-4-5-13)15(10-14)17(12-19)8-2-1-3-9-17/h6-7,10,13H,1-5,8-9,11-12,19H2. The van der Waals surface area contributed by atoms with E-state index in [0.29, 0.717) is 0 Å². The molecule has 2 fully saturated rings. The number of halogens is 1. The zero-order valence-corrected chi connectivity index (χ0v) is 13.6. The number of rotatable bonds is 5. The van der Waals surface area contributed by atoms with Crippen molar-refractivity contribution in [2.75, 3.05) is 13.2 Å². The largest absolute Gasteiger partial charge is 0.493 e. The van der Waals surface area contributed by atoms with Crippen molar-refractivity contribution >= 4 is 15.9 Å². The van der Waals surface area contributed by atoms with Gasteiger partial charge in [0.25, 0.3) is 0 Å². The maximum atomic E-state index is 6.19. The molecule has 0 unspecified atom stereocenters. The SMILES string of the molecule is NCC1(c2cc(Br)ccc2OCC2CC2)CCCCC1. The predicted molar refractivity (Wildman–Crippen MR) is 86.2 cm³/mol. The van der Waals surface area contributed by atoms with Gasteiger partial charge in [0, 0.05) is 22.0 Å². The molecule has 1 aromatic carbocycles. The molecule has 0 bridgehead atoms. The molecule has 3 heteroatoms. The van der Waals surface area contributed by atoms with Crippen LogP contribution in [0.15, 0.2) is 22.7 Å². The van der Waals surface area contributed by atoms with Gasteiger partial charge in [-0.25, -0.2) is 0 Å². The third kappa shape index (κ3) is 3.04. The molecule has 2 saturated carbocycles. The second-order valence-corrected chi connectivity index (χ2v) is 7.36. The van der Waals surface area contributed by atoms with Gasteiger partial charge in [0.05, 0.1) is 6.61 Å². The lowest BCUT2D eigenvalue weighted by atomic mass is 9.69. The van der Waals surface area contributed by atoms with E-state index in [1.54, 1.807) is 0 Å². The molecule has 0 radical (unpaired) electrons. The predicted octanol–water partition coefficient (Wildman–Crippen LogP) is 4.40. The summed E-state index contributed by atoms with van der Waals surface area (Å²) < 4.78 is 7.25. The van der Waals surface area contributed by atoms with Gasteiger partial charge in [-0.3, -0.25) is 0 Å². The van der Waals surface area contributed by atoms with E-state index in [2.05, 4.69) is 34.1 Å². The van der Waals surface area contributed by atoms with Crippen molar-refractivity contribution in [3.63, 3.8) is 0 Å². The fraction of sp³-hybridized carbons (Fsp3) is 0.647. The number of benzene rings is 1. The van der Waals surface area contributed by atoms with E-state index in [-0.39, 0.29) is 5.41 Å². The van der Waals surface area contributed by atoms with Crippen LogP contribution in [0.5, 0.6) is 5.75 Å². The second-order valence-electron chi connectivity index (χ2n) is 6.44. The summed E-state index contributed by atoms with van der Waals surface area (Å²) >= 11 is 3.61. The molecule has 2 aliphatic carbocycles. The first-order chi connectivity index (χ1) is 9.73. The number of hydrogen-bond donors (Lipinski definition) is 1. The van der Waals surface area contributed by atoms with Gasteiger partial charge in [-0.05, 0) is 49.8 Å². The minimum Gasteiger partial charge on any atom is -0.493 e. The van der Waals surface area contributed by atoms with Crippen molar-refractivity contribution in [2.24, 2.45) is 11.7 Å². The summed E-state index contributed by atoms with van der Waals surface area (Å²) in [5.74, 6) is 1.85. The summed E-state index contributed by atoms with van der Waals surface area (Å²) in [5.41, 5.74) is 7.64. The molecular weight excluding hydrogens is 314 g/mol. The first kappa shape index (κ1) is 14.4. The number of nitrogens with two attached hydrogens (primary N) is 1. The van der Waals surface area contributed by atoms with Crippen LogP contribution < -0.4 is 10.5 Å². The van der Waals surface area contributed by atoms with Crippen molar-refractivity contribution in [2.45, 2.75) is 50.4 Å². The Hall–Kier alpha value is -0.540. The topological polar surface area (TPSA) is 35.2 Å². The van der Waals surface area contributed by atoms with E-state index in [0.717, 1.165) is 29.3 Å². The van der Waals surface area contributed by atoms with Crippen LogP contribution in [0.25, 0.3) is 0 Å². The lowest BCUT2D eigenvalue weighted by Gasteiger charge is -2.38. The lowest BCUT2D eigenvalue weighted by Crippen LogP contribution is -2.37. The van der Waals surface area contributed by atoms with E-state index in [9.17, 15) is 0 Å². The van der Waals surface area contributed by atoms with Crippen molar-refractivity contribution < 1.29 is 4.74 Å². The average molecular weight is 338 g/mol. The van der Waals surface area contributed by atoms with Crippen LogP contribution in [-0.2, 0) is 5.41 Å². The molecule has 0 amide bonds. The van der Waals surface area contributed by atoms with Gasteiger partial charge in [0.1, 0.15) is 5.75 Å². The van der Waals surface area contributed by atoms with Gasteiger partial charge in [-0.1, -0.05) is 35.2 Å². The summed E-state index contributed by atoms with van der Waals surface area (Å²) in [5, 5.41) is 0. The average Bonchev–Trinajstić information content (AvgIpc) is 3.31. The monoisotopic (exact) mass is 337 g/mol. The van der Waals surface area contributed by atoms with Crippen molar-refractivity contribution in [1.82, 2.24) is 0 Å². The van der Waals surface area contributed by atoms with Gasteiger partial charge in [0.15, 0.2) is 0 Å². The molecule has 0 heterocycles. The maximum Gasteiger partial charge on any atom is 0.123 e. The fourth-order valence-corrected chi connectivity index (χ4v) is 3.71. The van der Waals surface area contributed by atoms with E-state index < -0.39 is 0 Å². The minimum atomic E-state index is 0.126. The Morgan fingerprint density at radius 2 is 1.95 bits per heavy atom. The van der Waals surface area contributed by atoms with Crippen molar-refractivity contribution in [1.29, 1.82) is 0 Å².